The van der Waals surface area contributed by atoms with Crippen LogP contribution >= 0.6 is 23.2 Å². The molecule has 3 aromatic rings. The van der Waals surface area contributed by atoms with Crippen LogP contribution in [0.2, 0.25) is 10.0 Å². The molecule has 0 radical (unpaired) electrons. The third-order valence-corrected chi connectivity index (χ3v) is 9.93. The van der Waals surface area contributed by atoms with E-state index in [1.54, 1.807) is 6.07 Å². The van der Waals surface area contributed by atoms with Gasteiger partial charge in [0.25, 0.3) is 0 Å². The number of nitrogens with one attached hydrogen (secondary N) is 1. The van der Waals surface area contributed by atoms with Crippen LogP contribution in [0.3, 0.4) is 0 Å². The summed E-state index contributed by atoms with van der Waals surface area (Å²) in [6.45, 7) is 8.24. The first kappa shape index (κ1) is 38.9. The molecule has 1 aliphatic heterocycles. The van der Waals surface area contributed by atoms with Gasteiger partial charge in [-0.15, -0.1) is 0 Å². The number of unbranched alkanes of at least 4 members (excludes halogenated alkanes) is 12. The Balaban J connectivity index is 1.02. The first-order valence-corrected chi connectivity index (χ1v) is 19.3. The molecule has 2 heterocycles. The monoisotopic (exact) mass is 714 g/mol. The highest BCUT2D eigenvalue weighted by atomic mass is 35.5. The first-order chi connectivity index (χ1) is 24.0. The molecule has 270 valence electrons. The lowest BCUT2D eigenvalue weighted by Gasteiger charge is -2.36. The van der Waals surface area contributed by atoms with Crippen LogP contribution in [-0.4, -0.2) is 68.6 Å². The number of alkyl carbamates (subject to hydrolysis) is 1. The molecule has 1 aromatic heterocycles. The van der Waals surface area contributed by atoms with Crippen molar-refractivity contribution in [3.63, 3.8) is 0 Å². The first-order valence-electron chi connectivity index (χ1n) is 18.5. The van der Waals surface area contributed by atoms with Gasteiger partial charge in [0, 0.05) is 50.2 Å². The molecule has 0 atom stereocenters. The van der Waals surface area contributed by atoms with Crippen LogP contribution < -0.4 is 19.7 Å². The number of rotatable bonds is 23. The minimum Gasteiger partial charge on any atom is -0.494 e. The summed E-state index contributed by atoms with van der Waals surface area (Å²) in [6, 6.07) is 15.4. The molecule has 1 amide bonds. The Labute approximate surface area is 303 Å². The number of pyridine rings is 1. The van der Waals surface area contributed by atoms with E-state index >= 15 is 0 Å². The standard InChI is InChI=1S/C39H56Cl2N4O4/c1-2-3-4-5-6-7-8-9-10-11-12-13-23-42-39(46)49-31-48-37-22-20-32-19-21-33(30-35(32)43-37)47-29-15-14-24-44-25-27-45(28-26-44)36-18-16-17-34(40)38(36)41/h16-22,30H,2-15,23-29,31H2,1H3,(H,42,46). The number of halogens is 2. The molecule has 0 saturated carbocycles. The van der Waals surface area contributed by atoms with Crippen LogP contribution in [0.15, 0.2) is 48.5 Å². The van der Waals surface area contributed by atoms with Crippen molar-refractivity contribution in [2.24, 2.45) is 0 Å². The molecule has 0 aliphatic carbocycles. The van der Waals surface area contributed by atoms with E-state index in [-0.39, 0.29) is 6.79 Å². The van der Waals surface area contributed by atoms with Gasteiger partial charge in [0.2, 0.25) is 12.7 Å². The number of nitrogens with zero attached hydrogens (tertiary/aromatic N) is 3. The number of amides is 1. The second-order valence-corrected chi connectivity index (χ2v) is 13.8. The highest BCUT2D eigenvalue weighted by Crippen LogP contribution is 2.33. The SMILES string of the molecule is CCCCCCCCCCCCCCNC(=O)OCOc1ccc2ccc(OCCCCN3CCN(c4cccc(Cl)c4Cl)CC3)cc2n1. The molecule has 0 bridgehead atoms. The summed E-state index contributed by atoms with van der Waals surface area (Å²) in [7, 11) is 0. The molecular formula is C39H56Cl2N4O4. The molecule has 1 fully saturated rings. The van der Waals surface area contributed by atoms with Gasteiger partial charge in [0.05, 0.1) is 27.9 Å². The van der Waals surface area contributed by atoms with Gasteiger partial charge in [-0.25, -0.2) is 9.78 Å². The van der Waals surface area contributed by atoms with E-state index in [0.717, 1.165) is 80.7 Å². The number of ether oxygens (including phenoxy) is 3. The summed E-state index contributed by atoms with van der Waals surface area (Å²) in [5.74, 6) is 1.17. The lowest BCUT2D eigenvalue weighted by Crippen LogP contribution is -2.46. The summed E-state index contributed by atoms with van der Waals surface area (Å²) < 4.78 is 16.8. The lowest BCUT2D eigenvalue weighted by molar-refractivity contribution is 0.0570. The second kappa shape index (κ2) is 22.7. The van der Waals surface area contributed by atoms with Crippen LogP contribution in [0.4, 0.5) is 10.5 Å². The Morgan fingerprint density at radius 3 is 2.22 bits per heavy atom. The van der Waals surface area contributed by atoms with E-state index in [4.69, 9.17) is 37.4 Å². The van der Waals surface area contributed by atoms with Gasteiger partial charge in [-0.1, -0.05) is 107 Å². The molecule has 1 aliphatic rings. The van der Waals surface area contributed by atoms with E-state index in [2.05, 4.69) is 27.0 Å². The van der Waals surface area contributed by atoms with Crippen LogP contribution in [0.25, 0.3) is 10.9 Å². The van der Waals surface area contributed by atoms with Gasteiger partial charge in [0.15, 0.2) is 0 Å². The highest BCUT2D eigenvalue weighted by molar-refractivity contribution is 6.43. The quantitative estimate of drug-likeness (QED) is 0.0774. The predicted molar refractivity (Wildman–Crippen MR) is 203 cm³/mol. The lowest BCUT2D eigenvalue weighted by atomic mass is 10.1. The fourth-order valence-corrected chi connectivity index (χ4v) is 6.59. The highest BCUT2D eigenvalue weighted by Gasteiger charge is 2.19. The van der Waals surface area contributed by atoms with Crippen molar-refractivity contribution >= 4 is 45.9 Å². The Morgan fingerprint density at radius 2 is 1.49 bits per heavy atom. The topological polar surface area (TPSA) is 76.2 Å². The van der Waals surface area contributed by atoms with Gasteiger partial charge >= 0.3 is 6.09 Å². The van der Waals surface area contributed by atoms with Gasteiger partial charge < -0.3 is 24.4 Å². The van der Waals surface area contributed by atoms with Crippen LogP contribution in [0.5, 0.6) is 11.6 Å². The number of benzene rings is 2. The number of anilines is 1. The largest absolute Gasteiger partial charge is 0.494 e. The summed E-state index contributed by atoms with van der Waals surface area (Å²) >= 11 is 12.6. The van der Waals surface area contributed by atoms with Gasteiger partial charge in [-0.2, -0.15) is 0 Å². The van der Waals surface area contributed by atoms with Crippen molar-refractivity contribution < 1.29 is 19.0 Å². The number of carbonyl (C=O) groups excluding carboxylic acids is 1. The molecule has 1 saturated heterocycles. The van der Waals surface area contributed by atoms with Gasteiger partial charge in [-0.3, -0.25) is 4.90 Å². The molecule has 2 aromatic carbocycles. The van der Waals surface area contributed by atoms with E-state index in [0.29, 0.717) is 29.1 Å². The zero-order valence-corrected chi connectivity index (χ0v) is 30.9. The van der Waals surface area contributed by atoms with Crippen molar-refractivity contribution in [3.05, 3.63) is 58.6 Å². The Morgan fingerprint density at radius 1 is 0.796 bits per heavy atom. The number of carbonyl (C=O) groups is 1. The predicted octanol–water partition coefficient (Wildman–Crippen LogP) is 10.3. The second-order valence-electron chi connectivity index (χ2n) is 13.0. The molecule has 8 nitrogen and oxygen atoms in total. The number of aromatic nitrogens is 1. The molecule has 0 spiro atoms. The normalized spacial score (nSPS) is 13.5. The third-order valence-electron chi connectivity index (χ3n) is 9.12. The Kier molecular flexibility index (Phi) is 18.0. The van der Waals surface area contributed by atoms with Crippen LogP contribution in [0, 0.1) is 0 Å². The third kappa shape index (κ3) is 14.4. The maximum Gasteiger partial charge on any atom is 0.410 e. The van der Waals surface area contributed by atoms with Crippen molar-refractivity contribution in [1.82, 2.24) is 15.2 Å². The van der Waals surface area contributed by atoms with Crippen molar-refractivity contribution in [1.29, 1.82) is 0 Å². The Bertz CT molecular complexity index is 1390. The minimum atomic E-state index is -0.468. The number of fused-ring (bicyclic) bond motifs is 1. The molecule has 0 unspecified atom stereocenters. The van der Waals surface area contributed by atoms with E-state index in [9.17, 15) is 4.79 Å². The van der Waals surface area contributed by atoms with Crippen molar-refractivity contribution in [2.45, 2.75) is 96.8 Å². The van der Waals surface area contributed by atoms with E-state index in [1.807, 2.05) is 42.5 Å². The number of hydrogen-bond acceptors (Lipinski definition) is 7. The van der Waals surface area contributed by atoms with E-state index < -0.39 is 6.09 Å². The maximum absolute atomic E-state index is 12.1. The zero-order valence-electron chi connectivity index (χ0n) is 29.4. The Hall–Kier alpha value is -2.94. The van der Waals surface area contributed by atoms with Gasteiger partial charge in [-0.05, 0) is 56.1 Å². The molecule has 1 N–H and O–H groups in total. The molecule has 4 rings (SSSR count). The van der Waals surface area contributed by atoms with Crippen LogP contribution in [-0.2, 0) is 4.74 Å². The number of hydrogen-bond donors (Lipinski definition) is 1. The van der Waals surface area contributed by atoms with Crippen molar-refractivity contribution in [3.8, 4) is 11.6 Å². The summed E-state index contributed by atoms with van der Waals surface area (Å²) in [5, 5.41) is 5.03. The van der Waals surface area contributed by atoms with Crippen LogP contribution in [0.1, 0.15) is 96.8 Å². The summed E-state index contributed by atoms with van der Waals surface area (Å²) in [4.78, 5) is 21.4. The minimum absolute atomic E-state index is 0.192. The maximum atomic E-state index is 12.1. The summed E-state index contributed by atoms with van der Waals surface area (Å²) in [5.41, 5.74) is 1.78. The fourth-order valence-electron chi connectivity index (χ4n) is 6.18. The zero-order chi connectivity index (χ0) is 34.5. The smallest absolute Gasteiger partial charge is 0.410 e. The average Bonchev–Trinajstić information content (AvgIpc) is 3.11. The molecular weight excluding hydrogens is 659 g/mol. The van der Waals surface area contributed by atoms with E-state index in [1.165, 1.54) is 64.2 Å². The van der Waals surface area contributed by atoms with Gasteiger partial charge in [0.1, 0.15) is 5.75 Å². The fraction of sp³-hybridized carbons (Fsp3) is 0.590. The summed E-state index contributed by atoms with van der Waals surface area (Å²) in [6.07, 6.45) is 17.0. The average molecular weight is 716 g/mol. The van der Waals surface area contributed by atoms with Crippen molar-refractivity contribution in [2.75, 3.05) is 57.6 Å². The molecule has 49 heavy (non-hydrogen) atoms. The molecule has 10 heteroatoms. The number of piperazine rings is 1.